The molecule has 1 aromatic rings. The number of hydrogen-bond acceptors (Lipinski definition) is 4. The van der Waals surface area contributed by atoms with Gasteiger partial charge in [0, 0.05) is 19.3 Å². The fourth-order valence-corrected chi connectivity index (χ4v) is 2.98. The van der Waals surface area contributed by atoms with Gasteiger partial charge < -0.3 is 15.7 Å². The Morgan fingerprint density at radius 1 is 1.29 bits per heavy atom. The third-order valence-corrected chi connectivity index (χ3v) is 4.42. The zero-order valence-electron chi connectivity index (χ0n) is 14.6. The van der Waals surface area contributed by atoms with E-state index < -0.39 is 5.91 Å². The molecule has 0 aliphatic heterocycles. The molecule has 24 heavy (non-hydrogen) atoms. The minimum absolute atomic E-state index is 0.0115. The predicted octanol–water partition coefficient (Wildman–Crippen LogP) is 1.87. The van der Waals surface area contributed by atoms with E-state index in [4.69, 9.17) is 0 Å². The maximum Gasteiger partial charge on any atom is 0.273 e. The second-order valence-electron chi connectivity index (χ2n) is 6.99. The number of hydrogen-bond donors (Lipinski definition) is 3. The van der Waals surface area contributed by atoms with Gasteiger partial charge in [0.25, 0.3) is 5.91 Å². The standard InChI is InChI=1S/C18H25N3O3/c1-11(2)10-12-14(18(12,3)4)16(23)20-8-9-21-17(24)15-13(22)6-5-7-19-15/h5-7,10,12,14,22H,8-9H2,1-4H3,(H,20,23)(H,21,24)/t12-,14+/m0/s1. The first kappa shape index (κ1) is 18.0. The summed E-state index contributed by atoms with van der Waals surface area (Å²) >= 11 is 0. The van der Waals surface area contributed by atoms with Crippen LogP contribution in [0.2, 0.25) is 0 Å². The Morgan fingerprint density at radius 2 is 1.96 bits per heavy atom. The lowest BCUT2D eigenvalue weighted by atomic mass is 10.1. The van der Waals surface area contributed by atoms with Gasteiger partial charge in [0.15, 0.2) is 5.69 Å². The van der Waals surface area contributed by atoms with Crippen LogP contribution in [0.1, 0.15) is 38.2 Å². The molecule has 0 radical (unpaired) electrons. The Bertz CT molecular complexity index is 663. The van der Waals surface area contributed by atoms with Crippen LogP contribution >= 0.6 is 0 Å². The van der Waals surface area contributed by atoms with E-state index in [0.29, 0.717) is 6.54 Å². The van der Waals surface area contributed by atoms with Crippen molar-refractivity contribution in [1.82, 2.24) is 15.6 Å². The summed E-state index contributed by atoms with van der Waals surface area (Å²) in [6, 6.07) is 2.95. The van der Waals surface area contributed by atoms with Gasteiger partial charge in [-0.1, -0.05) is 25.5 Å². The van der Waals surface area contributed by atoms with Crippen LogP contribution in [0.15, 0.2) is 30.0 Å². The molecule has 1 heterocycles. The van der Waals surface area contributed by atoms with Gasteiger partial charge in [0.05, 0.1) is 5.92 Å². The third kappa shape index (κ3) is 3.93. The molecular weight excluding hydrogens is 306 g/mol. The molecule has 130 valence electrons. The fourth-order valence-electron chi connectivity index (χ4n) is 2.98. The lowest BCUT2D eigenvalue weighted by molar-refractivity contribution is -0.123. The Balaban J connectivity index is 1.77. The zero-order chi connectivity index (χ0) is 17.9. The lowest BCUT2D eigenvalue weighted by Gasteiger charge is -2.08. The van der Waals surface area contributed by atoms with E-state index in [0.717, 1.165) is 0 Å². The van der Waals surface area contributed by atoms with Crippen LogP contribution in [-0.4, -0.2) is 35.0 Å². The molecule has 6 nitrogen and oxygen atoms in total. The largest absolute Gasteiger partial charge is 0.505 e. The topological polar surface area (TPSA) is 91.3 Å². The molecule has 0 unspecified atom stereocenters. The molecule has 1 fully saturated rings. The van der Waals surface area contributed by atoms with Crippen LogP contribution in [0.3, 0.4) is 0 Å². The van der Waals surface area contributed by atoms with Crippen molar-refractivity contribution >= 4 is 11.8 Å². The van der Waals surface area contributed by atoms with Crippen molar-refractivity contribution in [3.05, 3.63) is 35.7 Å². The molecule has 2 amide bonds. The molecular formula is C18H25N3O3. The second-order valence-corrected chi connectivity index (χ2v) is 6.99. The number of allylic oxidation sites excluding steroid dienone is 2. The summed E-state index contributed by atoms with van der Waals surface area (Å²) in [4.78, 5) is 28.0. The molecule has 0 spiro atoms. The maximum absolute atomic E-state index is 12.3. The molecule has 2 atom stereocenters. The lowest BCUT2D eigenvalue weighted by Crippen LogP contribution is -2.36. The first-order chi connectivity index (χ1) is 11.2. The Morgan fingerprint density at radius 3 is 2.58 bits per heavy atom. The fraction of sp³-hybridized carbons (Fsp3) is 0.500. The molecule has 0 aromatic carbocycles. The van der Waals surface area contributed by atoms with E-state index in [1.165, 1.54) is 17.8 Å². The highest BCUT2D eigenvalue weighted by atomic mass is 16.3. The summed E-state index contributed by atoms with van der Waals surface area (Å²) in [6.07, 6.45) is 3.59. The van der Waals surface area contributed by atoms with Crippen LogP contribution in [0.25, 0.3) is 0 Å². The van der Waals surface area contributed by atoms with E-state index in [1.54, 1.807) is 6.07 Å². The minimum atomic E-state index is -0.462. The van der Waals surface area contributed by atoms with E-state index in [1.807, 2.05) is 13.8 Å². The quantitative estimate of drug-likeness (QED) is 0.548. The number of nitrogens with zero attached hydrogens (tertiary/aromatic N) is 1. The number of aromatic nitrogens is 1. The summed E-state index contributed by atoms with van der Waals surface area (Å²) in [5.41, 5.74) is 1.17. The Hall–Kier alpha value is -2.37. The van der Waals surface area contributed by atoms with Gasteiger partial charge in [-0.05, 0) is 37.3 Å². The molecule has 1 aliphatic rings. The molecule has 1 aliphatic carbocycles. The highest BCUT2D eigenvalue weighted by molar-refractivity contribution is 5.94. The first-order valence-corrected chi connectivity index (χ1v) is 8.10. The summed E-state index contributed by atoms with van der Waals surface area (Å²) in [5.74, 6) is -0.372. The number of aromatic hydroxyl groups is 1. The minimum Gasteiger partial charge on any atom is -0.505 e. The van der Waals surface area contributed by atoms with Crippen molar-refractivity contribution < 1.29 is 14.7 Å². The van der Waals surface area contributed by atoms with Gasteiger partial charge in [-0.25, -0.2) is 4.98 Å². The molecule has 3 N–H and O–H groups in total. The molecule has 6 heteroatoms. The van der Waals surface area contributed by atoms with E-state index in [-0.39, 0.29) is 41.1 Å². The number of rotatable bonds is 6. The van der Waals surface area contributed by atoms with Crippen molar-refractivity contribution in [2.75, 3.05) is 13.1 Å². The SMILES string of the molecule is CC(C)=C[C@H]1[C@H](C(=O)NCCNC(=O)c2ncccc2O)C1(C)C. The normalized spacial score (nSPS) is 20.8. The summed E-state index contributed by atoms with van der Waals surface area (Å²) in [5, 5.41) is 15.1. The summed E-state index contributed by atoms with van der Waals surface area (Å²) in [7, 11) is 0. The van der Waals surface area contributed by atoms with Gasteiger partial charge >= 0.3 is 0 Å². The number of carbonyl (C=O) groups is 2. The van der Waals surface area contributed by atoms with Gasteiger partial charge in [0.1, 0.15) is 5.75 Å². The molecule has 2 rings (SSSR count). The molecule has 1 aromatic heterocycles. The highest BCUT2D eigenvalue weighted by Gasteiger charge is 2.60. The highest BCUT2D eigenvalue weighted by Crippen LogP contribution is 2.59. The first-order valence-electron chi connectivity index (χ1n) is 8.10. The van der Waals surface area contributed by atoms with Crippen LogP contribution in [0, 0.1) is 17.3 Å². The number of pyridine rings is 1. The van der Waals surface area contributed by atoms with E-state index in [2.05, 4.69) is 35.5 Å². The number of carbonyl (C=O) groups excluding carboxylic acids is 2. The third-order valence-electron chi connectivity index (χ3n) is 4.42. The monoisotopic (exact) mass is 331 g/mol. The Kier molecular flexibility index (Phi) is 5.26. The number of nitrogens with one attached hydrogen (secondary N) is 2. The van der Waals surface area contributed by atoms with Crippen molar-refractivity contribution in [2.45, 2.75) is 27.7 Å². The van der Waals surface area contributed by atoms with Crippen molar-refractivity contribution in [3.63, 3.8) is 0 Å². The van der Waals surface area contributed by atoms with Gasteiger partial charge in [-0.3, -0.25) is 9.59 Å². The number of amides is 2. The van der Waals surface area contributed by atoms with E-state index >= 15 is 0 Å². The maximum atomic E-state index is 12.3. The average molecular weight is 331 g/mol. The van der Waals surface area contributed by atoms with Crippen molar-refractivity contribution in [3.8, 4) is 5.75 Å². The molecule has 0 saturated heterocycles. The van der Waals surface area contributed by atoms with Crippen molar-refractivity contribution in [2.24, 2.45) is 17.3 Å². The summed E-state index contributed by atoms with van der Waals surface area (Å²) < 4.78 is 0. The molecule has 0 bridgehead atoms. The van der Waals surface area contributed by atoms with Crippen LogP contribution in [0.5, 0.6) is 5.75 Å². The second kappa shape index (κ2) is 7.03. The molecule has 1 saturated carbocycles. The predicted molar refractivity (Wildman–Crippen MR) is 91.4 cm³/mol. The van der Waals surface area contributed by atoms with Gasteiger partial charge in [-0.2, -0.15) is 0 Å². The van der Waals surface area contributed by atoms with Crippen LogP contribution < -0.4 is 10.6 Å². The average Bonchev–Trinajstić information content (AvgIpc) is 3.03. The van der Waals surface area contributed by atoms with Crippen LogP contribution in [0.4, 0.5) is 0 Å². The zero-order valence-corrected chi connectivity index (χ0v) is 14.6. The van der Waals surface area contributed by atoms with Gasteiger partial charge in [-0.15, -0.1) is 0 Å². The van der Waals surface area contributed by atoms with Crippen molar-refractivity contribution in [1.29, 1.82) is 0 Å². The van der Waals surface area contributed by atoms with Crippen LogP contribution in [-0.2, 0) is 4.79 Å². The van der Waals surface area contributed by atoms with E-state index in [9.17, 15) is 14.7 Å². The van der Waals surface area contributed by atoms with Gasteiger partial charge in [0.2, 0.25) is 5.91 Å². The summed E-state index contributed by atoms with van der Waals surface area (Å²) in [6.45, 7) is 8.87. The smallest absolute Gasteiger partial charge is 0.273 e. The Labute approximate surface area is 142 Å².